The van der Waals surface area contributed by atoms with Gasteiger partial charge in [-0.25, -0.2) is 4.68 Å². The Hall–Kier alpha value is -4.46. The summed E-state index contributed by atoms with van der Waals surface area (Å²) in [5, 5.41) is 5.51. The molecule has 8 nitrogen and oxygen atoms in total. The molecular weight excluding hydrogens is 410 g/mol. The van der Waals surface area contributed by atoms with Gasteiger partial charge in [0.1, 0.15) is 6.54 Å². The number of aromatic nitrogens is 2. The van der Waals surface area contributed by atoms with Gasteiger partial charge in [-0.05, 0) is 23.8 Å². The first kappa shape index (κ1) is 20.8. The lowest BCUT2D eigenvalue weighted by molar-refractivity contribution is -0.148. The summed E-state index contributed by atoms with van der Waals surface area (Å²) in [6.07, 6.45) is 0. The predicted octanol–water partition coefficient (Wildman–Crippen LogP) is 2.54. The number of benzene rings is 3. The van der Waals surface area contributed by atoms with E-state index in [9.17, 15) is 19.2 Å². The van der Waals surface area contributed by atoms with Crippen molar-refractivity contribution in [3.05, 3.63) is 99.6 Å². The number of carbonyl (C=O) groups excluding carboxylic acids is 2. The number of rotatable bonds is 6. The monoisotopic (exact) mass is 429 g/mol. The molecule has 0 aliphatic rings. The van der Waals surface area contributed by atoms with Crippen molar-refractivity contribution in [2.75, 3.05) is 11.9 Å². The summed E-state index contributed by atoms with van der Waals surface area (Å²) in [4.78, 5) is 49.1. The second-order valence-electron chi connectivity index (χ2n) is 7.00. The molecule has 0 fully saturated rings. The Labute approximate surface area is 182 Å². The minimum atomic E-state index is -0.829. The van der Waals surface area contributed by atoms with Gasteiger partial charge in [-0.15, -0.1) is 0 Å². The van der Waals surface area contributed by atoms with Crippen molar-refractivity contribution < 1.29 is 14.3 Å². The zero-order valence-corrected chi connectivity index (χ0v) is 16.9. The van der Waals surface area contributed by atoms with Crippen molar-refractivity contribution in [2.24, 2.45) is 0 Å². The maximum Gasteiger partial charge on any atom is 0.328 e. The zero-order chi connectivity index (χ0) is 22.5. The molecule has 0 unspecified atom stereocenters. The van der Waals surface area contributed by atoms with E-state index in [0.717, 1.165) is 15.8 Å². The van der Waals surface area contributed by atoms with Crippen LogP contribution in [0, 0.1) is 0 Å². The number of ether oxygens (including phenoxy) is 1. The van der Waals surface area contributed by atoms with Crippen LogP contribution in [0.4, 0.5) is 5.69 Å². The van der Waals surface area contributed by atoms with E-state index in [1.54, 1.807) is 24.3 Å². The van der Waals surface area contributed by atoms with Crippen LogP contribution in [-0.4, -0.2) is 28.3 Å². The molecule has 0 bridgehead atoms. The van der Waals surface area contributed by atoms with Crippen molar-refractivity contribution in [3.63, 3.8) is 0 Å². The second-order valence-corrected chi connectivity index (χ2v) is 7.00. The van der Waals surface area contributed by atoms with Crippen molar-refractivity contribution >= 4 is 28.3 Å². The summed E-state index contributed by atoms with van der Waals surface area (Å²) in [6.45, 7) is -1.05. The van der Waals surface area contributed by atoms with Gasteiger partial charge in [0.05, 0.1) is 10.8 Å². The highest BCUT2D eigenvalue weighted by molar-refractivity contribution is 5.96. The van der Waals surface area contributed by atoms with E-state index in [-0.39, 0.29) is 10.8 Å². The van der Waals surface area contributed by atoms with E-state index >= 15 is 0 Å². The quantitative estimate of drug-likeness (QED) is 0.458. The van der Waals surface area contributed by atoms with Crippen molar-refractivity contribution in [2.45, 2.75) is 6.54 Å². The van der Waals surface area contributed by atoms with Crippen molar-refractivity contribution in [1.29, 1.82) is 0 Å². The zero-order valence-electron chi connectivity index (χ0n) is 16.9. The van der Waals surface area contributed by atoms with Crippen LogP contribution in [0.15, 0.2) is 88.5 Å². The van der Waals surface area contributed by atoms with Gasteiger partial charge in [0, 0.05) is 11.3 Å². The van der Waals surface area contributed by atoms with E-state index in [1.165, 1.54) is 12.1 Å². The number of hydrogen-bond acceptors (Lipinski definition) is 5. The molecule has 4 rings (SSSR count). The molecule has 0 saturated heterocycles. The Morgan fingerprint density at radius 2 is 1.50 bits per heavy atom. The number of anilines is 1. The number of H-pyrrole nitrogens is 1. The molecule has 0 aliphatic carbocycles. The van der Waals surface area contributed by atoms with Gasteiger partial charge in [0.15, 0.2) is 6.61 Å². The molecule has 0 radical (unpaired) electrons. The van der Waals surface area contributed by atoms with E-state index in [2.05, 4.69) is 10.4 Å². The Morgan fingerprint density at radius 1 is 0.844 bits per heavy atom. The smallest absolute Gasteiger partial charge is 0.328 e. The summed E-state index contributed by atoms with van der Waals surface area (Å²) in [5.74, 6) is -1.36. The van der Waals surface area contributed by atoms with Gasteiger partial charge in [-0.2, -0.15) is 0 Å². The van der Waals surface area contributed by atoms with Crippen molar-refractivity contribution in [1.82, 2.24) is 9.78 Å². The lowest BCUT2D eigenvalue weighted by Gasteiger charge is -2.12. The Morgan fingerprint density at radius 3 is 2.28 bits per heavy atom. The highest BCUT2D eigenvalue weighted by Crippen LogP contribution is 2.27. The first-order valence-corrected chi connectivity index (χ1v) is 9.85. The number of esters is 1. The highest BCUT2D eigenvalue weighted by Gasteiger charge is 2.14. The summed E-state index contributed by atoms with van der Waals surface area (Å²) in [5.41, 5.74) is 1.31. The molecule has 0 aliphatic heterocycles. The lowest BCUT2D eigenvalue weighted by atomic mass is 10.0. The molecule has 0 spiro atoms. The normalized spacial score (nSPS) is 10.6. The molecule has 2 N–H and O–H groups in total. The molecule has 32 heavy (non-hydrogen) atoms. The molecule has 1 aromatic heterocycles. The van der Waals surface area contributed by atoms with Crippen LogP contribution >= 0.6 is 0 Å². The van der Waals surface area contributed by atoms with Gasteiger partial charge in [0.25, 0.3) is 17.0 Å². The van der Waals surface area contributed by atoms with Gasteiger partial charge in [0.2, 0.25) is 0 Å². The van der Waals surface area contributed by atoms with Gasteiger partial charge < -0.3 is 10.1 Å². The first-order valence-electron chi connectivity index (χ1n) is 9.85. The Bertz CT molecular complexity index is 1410. The van der Waals surface area contributed by atoms with Crippen molar-refractivity contribution in [3.8, 4) is 11.1 Å². The number of amides is 1. The number of para-hydroxylation sites is 1. The third-order valence-electron chi connectivity index (χ3n) is 4.82. The molecule has 1 amide bonds. The topological polar surface area (TPSA) is 110 Å². The third-order valence-corrected chi connectivity index (χ3v) is 4.82. The first-order chi connectivity index (χ1) is 15.5. The van der Waals surface area contributed by atoms with Crippen LogP contribution in [-0.2, 0) is 20.9 Å². The van der Waals surface area contributed by atoms with E-state index in [1.807, 2.05) is 42.5 Å². The average Bonchev–Trinajstić information content (AvgIpc) is 2.82. The molecule has 8 heteroatoms. The van der Waals surface area contributed by atoms with Gasteiger partial charge in [-0.1, -0.05) is 60.7 Å². The SMILES string of the molecule is O=C(COC(=O)Cn1[nH]c(=O)c2ccccc2c1=O)Nc1ccccc1-c1ccccc1. The number of carbonyl (C=O) groups is 2. The van der Waals surface area contributed by atoms with Crippen LogP contribution in [0.1, 0.15) is 0 Å². The lowest BCUT2D eigenvalue weighted by Crippen LogP contribution is -2.33. The summed E-state index contributed by atoms with van der Waals surface area (Å²) >= 11 is 0. The molecule has 3 aromatic carbocycles. The average molecular weight is 429 g/mol. The number of aromatic amines is 1. The van der Waals surface area contributed by atoms with E-state index < -0.39 is 36.1 Å². The van der Waals surface area contributed by atoms with E-state index in [4.69, 9.17) is 4.74 Å². The number of fused-ring (bicyclic) bond motifs is 1. The molecule has 0 saturated carbocycles. The standard InChI is InChI=1S/C24H19N3O5/c28-21(25-20-13-7-6-10-17(20)16-8-2-1-3-9-16)15-32-22(29)14-27-24(31)19-12-5-4-11-18(19)23(30)26-27/h1-13H,14-15H2,(H,25,28)(H,26,30). The number of hydrogen-bond donors (Lipinski definition) is 2. The second kappa shape index (κ2) is 9.13. The number of nitrogens with one attached hydrogen (secondary N) is 2. The molecule has 0 atom stereocenters. The summed E-state index contributed by atoms with van der Waals surface area (Å²) < 4.78 is 5.87. The van der Waals surface area contributed by atoms with Crippen LogP contribution in [0.25, 0.3) is 21.9 Å². The van der Waals surface area contributed by atoms with Crippen LogP contribution in [0.2, 0.25) is 0 Å². The molecule has 1 heterocycles. The fraction of sp³-hybridized carbons (Fsp3) is 0.0833. The molecule has 160 valence electrons. The van der Waals surface area contributed by atoms with Crippen LogP contribution < -0.4 is 16.4 Å². The maximum absolute atomic E-state index is 12.5. The fourth-order valence-electron chi connectivity index (χ4n) is 3.33. The molecule has 4 aromatic rings. The number of nitrogens with zero attached hydrogens (tertiary/aromatic N) is 1. The fourth-order valence-corrected chi connectivity index (χ4v) is 3.33. The summed E-state index contributed by atoms with van der Waals surface area (Å²) in [7, 11) is 0. The molecular formula is C24H19N3O5. The predicted molar refractivity (Wildman–Crippen MR) is 120 cm³/mol. The van der Waals surface area contributed by atoms with Crippen LogP contribution in [0.5, 0.6) is 0 Å². The maximum atomic E-state index is 12.5. The van der Waals surface area contributed by atoms with Gasteiger partial charge >= 0.3 is 5.97 Å². The summed E-state index contributed by atoms with van der Waals surface area (Å²) in [6, 6.07) is 23.1. The largest absolute Gasteiger partial charge is 0.454 e. The Kier molecular flexibility index (Phi) is 5.94. The Balaban J connectivity index is 1.41. The van der Waals surface area contributed by atoms with E-state index in [0.29, 0.717) is 5.69 Å². The third kappa shape index (κ3) is 4.49. The van der Waals surface area contributed by atoms with Gasteiger partial charge in [-0.3, -0.25) is 24.3 Å². The minimum absolute atomic E-state index is 0.194. The highest BCUT2D eigenvalue weighted by atomic mass is 16.5. The minimum Gasteiger partial charge on any atom is -0.454 e. The van der Waals surface area contributed by atoms with Crippen LogP contribution in [0.3, 0.4) is 0 Å².